The van der Waals surface area contributed by atoms with E-state index in [9.17, 15) is 17.6 Å². The molecule has 1 aliphatic heterocycles. The van der Waals surface area contributed by atoms with Crippen molar-refractivity contribution < 1.29 is 17.6 Å². The van der Waals surface area contributed by atoms with Gasteiger partial charge in [-0.2, -0.15) is 4.31 Å². The SMILES string of the molecule is CN(CC(=O)Nc1ccc(S(=O)(=O)N2CCCCCC2)cc1)c1ccc(F)cc1. The van der Waals surface area contributed by atoms with E-state index in [1.54, 1.807) is 40.5 Å². The lowest BCUT2D eigenvalue weighted by Crippen LogP contribution is -2.32. The first-order chi connectivity index (χ1) is 13.9. The Labute approximate surface area is 171 Å². The lowest BCUT2D eigenvalue weighted by molar-refractivity contribution is -0.114. The number of likely N-dealkylation sites (N-methyl/N-ethyl adjacent to an activating group) is 1. The number of carbonyl (C=O) groups excluding carboxylic acids is 1. The third-order valence-electron chi connectivity index (χ3n) is 4.99. The van der Waals surface area contributed by atoms with Gasteiger partial charge in [-0.25, -0.2) is 12.8 Å². The van der Waals surface area contributed by atoms with Gasteiger partial charge in [0, 0.05) is 31.5 Å². The molecule has 1 aliphatic rings. The zero-order valence-electron chi connectivity index (χ0n) is 16.5. The van der Waals surface area contributed by atoms with E-state index < -0.39 is 10.0 Å². The molecular formula is C21H26FN3O3S. The summed E-state index contributed by atoms with van der Waals surface area (Å²) in [5, 5.41) is 2.76. The molecule has 0 unspecified atom stereocenters. The molecule has 1 saturated heterocycles. The number of nitrogens with zero attached hydrogens (tertiary/aromatic N) is 2. The van der Waals surface area contributed by atoms with E-state index in [0.29, 0.717) is 18.8 Å². The van der Waals surface area contributed by atoms with Gasteiger partial charge in [0.2, 0.25) is 15.9 Å². The molecule has 1 heterocycles. The molecule has 0 spiro atoms. The highest BCUT2D eigenvalue weighted by Gasteiger charge is 2.25. The van der Waals surface area contributed by atoms with Gasteiger partial charge < -0.3 is 10.2 Å². The maximum Gasteiger partial charge on any atom is 0.243 e. The second-order valence-electron chi connectivity index (χ2n) is 7.22. The first-order valence-corrected chi connectivity index (χ1v) is 11.2. The van der Waals surface area contributed by atoms with Crippen LogP contribution in [0.25, 0.3) is 0 Å². The van der Waals surface area contributed by atoms with Crippen LogP contribution in [0.1, 0.15) is 25.7 Å². The van der Waals surface area contributed by atoms with Gasteiger partial charge in [-0.3, -0.25) is 4.79 Å². The van der Waals surface area contributed by atoms with Crippen LogP contribution in [0.5, 0.6) is 0 Å². The molecule has 0 saturated carbocycles. The average Bonchev–Trinajstić information content (AvgIpc) is 2.99. The minimum absolute atomic E-state index is 0.0828. The van der Waals surface area contributed by atoms with E-state index in [1.165, 1.54) is 24.3 Å². The molecular weight excluding hydrogens is 393 g/mol. The van der Waals surface area contributed by atoms with Crippen molar-refractivity contribution in [3.63, 3.8) is 0 Å². The predicted octanol–water partition coefficient (Wildman–Crippen LogP) is 3.47. The molecule has 8 heteroatoms. The summed E-state index contributed by atoms with van der Waals surface area (Å²) in [7, 11) is -1.77. The van der Waals surface area contributed by atoms with Gasteiger partial charge in [0.1, 0.15) is 5.82 Å². The van der Waals surface area contributed by atoms with Gasteiger partial charge in [-0.05, 0) is 61.4 Å². The molecule has 1 amide bonds. The van der Waals surface area contributed by atoms with Gasteiger partial charge in [0.15, 0.2) is 0 Å². The molecule has 1 N–H and O–H groups in total. The number of carbonyl (C=O) groups is 1. The van der Waals surface area contributed by atoms with E-state index >= 15 is 0 Å². The zero-order chi connectivity index (χ0) is 20.9. The molecule has 0 aliphatic carbocycles. The number of rotatable bonds is 6. The minimum atomic E-state index is -3.51. The van der Waals surface area contributed by atoms with Crippen molar-refractivity contribution in [2.45, 2.75) is 30.6 Å². The Bertz CT molecular complexity index is 923. The Morgan fingerprint density at radius 3 is 2.17 bits per heavy atom. The first kappa shape index (κ1) is 21.3. The summed E-state index contributed by atoms with van der Waals surface area (Å²) in [6.07, 6.45) is 3.89. The smallest absolute Gasteiger partial charge is 0.243 e. The Morgan fingerprint density at radius 1 is 1.00 bits per heavy atom. The fourth-order valence-electron chi connectivity index (χ4n) is 3.34. The number of anilines is 2. The van der Waals surface area contributed by atoms with Crippen molar-refractivity contribution in [2.24, 2.45) is 0 Å². The van der Waals surface area contributed by atoms with Crippen molar-refractivity contribution in [2.75, 3.05) is 36.9 Å². The molecule has 0 aromatic heterocycles. The number of halogens is 1. The van der Waals surface area contributed by atoms with Gasteiger partial charge in [0.25, 0.3) is 0 Å². The first-order valence-electron chi connectivity index (χ1n) is 9.73. The highest BCUT2D eigenvalue weighted by Crippen LogP contribution is 2.22. The Balaban J connectivity index is 1.61. The second kappa shape index (κ2) is 9.37. The minimum Gasteiger partial charge on any atom is -0.365 e. The molecule has 6 nitrogen and oxygen atoms in total. The maximum atomic E-state index is 13.0. The molecule has 156 valence electrons. The Kier molecular flexibility index (Phi) is 6.87. The van der Waals surface area contributed by atoms with Crippen molar-refractivity contribution in [3.05, 3.63) is 54.3 Å². The number of amides is 1. The zero-order valence-corrected chi connectivity index (χ0v) is 17.3. The van der Waals surface area contributed by atoms with Crippen molar-refractivity contribution in [1.82, 2.24) is 4.31 Å². The second-order valence-corrected chi connectivity index (χ2v) is 9.16. The Morgan fingerprint density at radius 2 is 1.59 bits per heavy atom. The molecule has 0 atom stereocenters. The maximum absolute atomic E-state index is 13.0. The van der Waals surface area contributed by atoms with Crippen molar-refractivity contribution in [3.8, 4) is 0 Å². The van der Waals surface area contributed by atoms with Gasteiger partial charge in [-0.15, -0.1) is 0 Å². The van der Waals surface area contributed by atoms with Crippen molar-refractivity contribution >= 4 is 27.3 Å². The van der Waals surface area contributed by atoms with Gasteiger partial charge in [-0.1, -0.05) is 12.8 Å². The highest BCUT2D eigenvalue weighted by atomic mass is 32.2. The van der Waals surface area contributed by atoms with Crippen LogP contribution < -0.4 is 10.2 Å². The quantitative estimate of drug-likeness (QED) is 0.779. The van der Waals surface area contributed by atoms with Gasteiger partial charge in [0.05, 0.1) is 11.4 Å². The van der Waals surface area contributed by atoms with Crippen LogP contribution in [0.4, 0.5) is 15.8 Å². The molecule has 2 aromatic rings. The molecule has 0 radical (unpaired) electrons. The summed E-state index contributed by atoms with van der Waals surface area (Å²) in [5.74, 6) is -0.582. The van der Waals surface area contributed by atoms with Crippen LogP contribution in [0, 0.1) is 5.82 Å². The fraction of sp³-hybridized carbons (Fsp3) is 0.381. The molecule has 2 aromatic carbocycles. The number of sulfonamides is 1. The van der Waals surface area contributed by atoms with Crippen molar-refractivity contribution in [1.29, 1.82) is 0 Å². The third kappa shape index (κ3) is 5.55. The summed E-state index contributed by atoms with van der Waals surface area (Å²) < 4.78 is 40.2. The summed E-state index contributed by atoms with van der Waals surface area (Å²) >= 11 is 0. The van der Waals surface area contributed by atoms with E-state index in [4.69, 9.17) is 0 Å². The fourth-order valence-corrected chi connectivity index (χ4v) is 4.86. The summed E-state index contributed by atoms with van der Waals surface area (Å²) in [5.41, 5.74) is 1.25. The monoisotopic (exact) mass is 419 g/mol. The van der Waals surface area contributed by atoms with Crippen LogP contribution in [0.2, 0.25) is 0 Å². The van der Waals surface area contributed by atoms with E-state index in [2.05, 4.69) is 5.32 Å². The topological polar surface area (TPSA) is 69.7 Å². The standard InChI is InChI=1S/C21H26FN3O3S/c1-24(19-10-6-17(22)7-11-19)16-21(26)23-18-8-12-20(13-9-18)29(27,28)25-14-4-2-3-5-15-25/h6-13H,2-5,14-16H2,1H3,(H,23,26). The van der Waals surface area contributed by atoms with Crippen LogP contribution in [0.15, 0.2) is 53.4 Å². The van der Waals surface area contributed by atoms with Crippen LogP contribution >= 0.6 is 0 Å². The number of hydrogen-bond acceptors (Lipinski definition) is 4. The summed E-state index contributed by atoms with van der Waals surface area (Å²) in [4.78, 5) is 14.2. The van der Waals surface area contributed by atoms with E-state index in [1.807, 2.05) is 0 Å². The number of nitrogens with one attached hydrogen (secondary N) is 1. The molecule has 3 rings (SSSR count). The van der Waals surface area contributed by atoms with Gasteiger partial charge >= 0.3 is 0 Å². The number of hydrogen-bond donors (Lipinski definition) is 1. The number of benzene rings is 2. The molecule has 0 bridgehead atoms. The van der Waals surface area contributed by atoms with E-state index in [0.717, 1.165) is 31.4 Å². The third-order valence-corrected chi connectivity index (χ3v) is 6.90. The Hall–Kier alpha value is -2.45. The normalized spacial score (nSPS) is 15.5. The molecule has 1 fully saturated rings. The lowest BCUT2D eigenvalue weighted by atomic mass is 10.2. The molecule has 29 heavy (non-hydrogen) atoms. The summed E-state index contributed by atoms with van der Waals surface area (Å²) in [6, 6.07) is 12.1. The highest BCUT2D eigenvalue weighted by molar-refractivity contribution is 7.89. The summed E-state index contributed by atoms with van der Waals surface area (Å²) in [6.45, 7) is 1.19. The lowest BCUT2D eigenvalue weighted by Gasteiger charge is -2.20. The van der Waals surface area contributed by atoms with Crippen LogP contribution in [-0.2, 0) is 14.8 Å². The van der Waals surface area contributed by atoms with E-state index in [-0.39, 0.29) is 23.2 Å². The van der Waals surface area contributed by atoms with Crippen LogP contribution in [-0.4, -0.2) is 45.3 Å². The average molecular weight is 420 g/mol. The largest absolute Gasteiger partial charge is 0.365 e. The van der Waals surface area contributed by atoms with Crippen LogP contribution in [0.3, 0.4) is 0 Å². The predicted molar refractivity (Wildman–Crippen MR) is 112 cm³/mol.